The van der Waals surface area contributed by atoms with Gasteiger partial charge in [0, 0.05) is 17.1 Å². The molecule has 1 atom stereocenters. The third kappa shape index (κ3) is 6.20. The Bertz CT molecular complexity index is 311. The highest BCUT2D eigenvalue weighted by atomic mass is 79.9. The maximum atomic E-state index is 3.56. The van der Waals surface area contributed by atoms with E-state index in [1.54, 1.807) is 0 Å². The minimum atomic E-state index is 0.551. The number of nitrogens with one attached hydrogen (secondary N) is 1. The fourth-order valence-corrected chi connectivity index (χ4v) is 2.04. The van der Waals surface area contributed by atoms with E-state index in [0.717, 1.165) is 30.5 Å². The van der Waals surface area contributed by atoms with Gasteiger partial charge in [0.25, 0.3) is 0 Å². The van der Waals surface area contributed by atoms with Crippen LogP contribution >= 0.6 is 15.9 Å². The number of halogens is 1. The molecule has 1 unspecified atom stereocenters. The van der Waals surface area contributed by atoms with Gasteiger partial charge in [-0.1, -0.05) is 35.0 Å². The maximum Gasteiger partial charge on any atom is 0.0175 e. The molecule has 0 fully saturated rings. The molecule has 0 bridgehead atoms. The monoisotopic (exact) mass is 298 g/mol. The molecule has 0 aliphatic rings. The summed E-state index contributed by atoms with van der Waals surface area (Å²) < 4.78 is 1.15. The van der Waals surface area contributed by atoms with Crippen molar-refractivity contribution in [1.82, 2.24) is 10.2 Å². The summed E-state index contributed by atoms with van der Waals surface area (Å²) in [6.07, 6.45) is 1.09. The Morgan fingerprint density at radius 2 is 1.94 bits per heavy atom. The van der Waals surface area contributed by atoms with Gasteiger partial charge < -0.3 is 10.2 Å². The van der Waals surface area contributed by atoms with E-state index in [0.29, 0.717) is 6.04 Å². The van der Waals surface area contributed by atoms with Crippen LogP contribution in [-0.2, 0) is 6.42 Å². The zero-order valence-corrected chi connectivity index (χ0v) is 12.6. The molecule has 0 aromatic heterocycles. The van der Waals surface area contributed by atoms with Crippen molar-refractivity contribution in [2.45, 2.75) is 26.3 Å². The summed E-state index contributed by atoms with van der Waals surface area (Å²) in [4.78, 5) is 2.33. The van der Waals surface area contributed by atoms with Gasteiger partial charge in [-0.05, 0) is 51.2 Å². The molecule has 1 rings (SSSR count). The van der Waals surface area contributed by atoms with E-state index in [1.165, 1.54) is 5.56 Å². The molecule has 0 spiro atoms. The van der Waals surface area contributed by atoms with Gasteiger partial charge in [-0.3, -0.25) is 0 Å². The second kappa shape index (κ2) is 7.85. The first-order valence-electron chi connectivity index (χ1n) is 6.28. The molecule has 96 valence electrons. The molecule has 0 saturated carbocycles. The smallest absolute Gasteiger partial charge is 0.0175 e. The summed E-state index contributed by atoms with van der Waals surface area (Å²) >= 11 is 3.45. The van der Waals surface area contributed by atoms with Gasteiger partial charge in [0.2, 0.25) is 0 Å². The predicted molar refractivity (Wildman–Crippen MR) is 78.5 cm³/mol. The SMILES string of the molecule is CCN(C)CC(C)NCCc1ccc(Br)cc1. The third-order valence-electron chi connectivity index (χ3n) is 2.95. The van der Waals surface area contributed by atoms with Crippen molar-refractivity contribution < 1.29 is 0 Å². The first kappa shape index (κ1) is 14.7. The topological polar surface area (TPSA) is 15.3 Å². The number of nitrogens with zero attached hydrogens (tertiary/aromatic N) is 1. The summed E-state index contributed by atoms with van der Waals surface area (Å²) in [5.74, 6) is 0. The van der Waals surface area contributed by atoms with Gasteiger partial charge >= 0.3 is 0 Å². The molecule has 0 aliphatic carbocycles. The van der Waals surface area contributed by atoms with Gasteiger partial charge in [-0.25, -0.2) is 0 Å². The standard InChI is InChI=1S/C14H23BrN2/c1-4-17(3)11-12(2)16-10-9-13-5-7-14(15)8-6-13/h5-8,12,16H,4,9-11H2,1-3H3. The number of hydrogen-bond donors (Lipinski definition) is 1. The van der Waals surface area contributed by atoms with Crippen molar-refractivity contribution in [3.05, 3.63) is 34.3 Å². The Hall–Kier alpha value is -0.380. The minimum absolute atomic E-state index is 0.551. The molecule has 0 aliphatic heterocycles. The number of likely N-dealkylation sites (N-methyl/N-ethyl adjacent to an activating group) is 1. The van der Waals surface area contributed by atoms with Crippen molar-refractivity contribution in [1.29, 1.82) is 0 Å². The Kier molecular flexibility index (Phi) is 6.78. The average Bonchev–Trinajstić information content (AvgIpc) is 2.31. The molecule has 3 heteroatoms. The highest BCUT2D eigenvalue weighted by Gasteiger charge is 2.03. The van der Waals surface area contributed by atoms with Crippen molar-refractivity contribution in [2.75, 3.05) is 26.7 Å². The van der Waals surface area contributed by atoms with E-state index in [-0.39, 0.29) is 0 Å². The summed E-state index contributed by atoms with van der Waals surface area (Å²) in [7, 11) is 2.16. The Morgan fingerprint density at radius 1 is 1.29 bits per heavy atom. The van der Waals surface area contributed by atoms with Crippen LogP contribution in [0.5, 0.6) is 0 Å². The molecule has 0 radical (unpaired) electrons. The van der Waals surface area contributed by atoms with Gasteiger partial charge in [-0.2, -0.15) is 0 Å². The largest absolute Gasteiger partial charge is 0.313 e. The number of benzene rings is 1. The second-order valence-electron chi connectivity index (χ2n) is 4.59. The minimum Gasteiger partial charge on any atom is -0.313 e. The van der Waals surface area contributed by atoms with Crippen LogP contribution in [0.4, 0.5) is 0 Å². The van der Waals surface area contributed by atoms with E-state index in [2.05, 4.69) is 71.3 Å². The molecule has 1 N–H and O–H groups in total. The lowest BCUT2D eigenvalue weighted by Crippen LogP contribution is -2.38. The molecule has 17 heavy (non-hydrogen) atoms. The van der Waals surface area contributed by atoms with Crippen LogP contribution in [0.1, 0.15) is 19.4 Å². The van der Waals surface area contributed by atoms with E-state index < -0.39 is 0 Å². The van der Waals surface area contributed by atoms with Crippen molar-refractivity contribution >= 4 is 15.9 Å². The van der Waals surface area contributed by atoms with Crippen LogP contribution in [0.15, 0.2) is 28.7 Å². The summed E-state index contributed by atoms with van der Waals surface area (Å²) in [6.45, 7) is 7.69. The van der Waals surface area contributed by atoms with Crippen LogP contribution in [0.25, 0.3) is 0 Å². The summed E-state index contributed by atoms with van der Waals surface area (Å²) in [6, 6.07) is 9.10. The Labute approximate surface area is 114 Å². The van der Waals surface area contributed by atoms with E-state index >= 15 is 0 Å². The third-order valence-corrected chi connectivity index (χ3v) is 3.47. The van der Waals surface area contributed by atoms with Gasteiger partial charge in [0.1, 0.15) is 0 Å². The van der Waals surface area contributed by atoms with E-state index in [9.17, 15) is 0 Å². The Morgan fingerprint density at radius 3 is 2.53 bits per heavy atom. The van der Waals surface area contributed by atoms with Crippen molar-refractivity contribution in [3.63, 3.8) is 0 Å². The lowest BCUT2D eigenvalue weighted by atomic mass is 10.1. The van der Waals surface area contributed by atoms with E-state index in [1.807, 2.05) is 0 Å². The molecule has 0 saturated heterocycles. The van der Waals surface area contributed by atoms with Gasteiger partial charge in [0.15, 0.2) is 0 Å². The lowest BCUT2D eigenvalue weighted by Gasteiger charge is -2.20. The first-order valence-corrected chi connectivity index (χ1v) is 7.07. The van der Waals surface area contributed by atoms with E-state index in [4.69, 9.17) is 0 Å². The fourth-order valence-electron chi connectivity index (χ4n) is 1.78. The normalized spacial score (nSPS) is 13.0. The molecule has 0 heterocycles. The quantitative estimate of drug-likeness (QED) is 0.833. The first-order chi connectivity index (χ1) is 8.11. The molecular formula is C14H23BrN2. The zero-order chi connectivity index (χ0) is 12.7. The number of hydrogen-bond acceptors (Lipinski definition) is 2. The van der Waals surface area contributed by atoms with Crippen molar-refractivity contribution in [3.8, 4) is 0 Å². The second-order valence-corrected chi connectivity index (χ2v) is 5.50. The van der Waals surface area contributed by atoms with Crippen LogP contribution < -0.4 is 5.32 Å². The summed E-state index contributed by atoms with van der Waals surface area (Å²) in [5.41, 5.74) is 1.39. The maximum absolute atomic E-state index is 3.56. The van der Waals surface area contributed by atoms with Gasteiger partial charge in [0.05, 0.1) is 0 Å². The predicted octanol–water partition coefficient (Wildman–Crippen LogP) is 2.92. The molecular weight excluding hydrogens is 276 g/mol. The lowest BCUT2D eigenvalue weighted by molar-refractivity contribution is 0.311. The van der Waals surface area contributed by atoms with Crippen molar-refractivity contribution in [2.24, 2.45) is 0 Å². The highest BCUT2D eigenvalue weighted by Crippen LogP contribution is 2.10. The van der Waals surface area contributed by atoms with Gasteiger partial charge in [-0.15, -0.1) is 0 Å². The number of rotatable bonds is 7. The Balaban J connectivity index is 2.21. The van der Waals surface area contributed by atoms with Crippen LogP contribution in [-0.4, -0.2) is 37.6 Å². The van der Waals surface area contributed by atoms with Crippen LogP contribution in [0.3, 0.4) is 0 Å². The summed E-state index contributed by atoms with van der Waals surface area (Å²) in [5, 5.41) is 3.56. The zero-order valence-electron chi connectivity index (χ0n) is 11.0. The molecule has 1 aromatic carbocycles. The highest BCUT2D eigenvalue weighted by molar-refractivity contribution is 9.10. The molecule has 1 aromatic rings. The van der Waals surface area contributed by atoms with Crippen LogP contribution in [0.2, 0.25) is 0 Å². The average molecular weight is 299 g/mol. The molecule has 2 nitrogen and oxygen atoms in total. The van der Waals surface area contributed by atoms with Crippen LogP contribution in [0, 0.1) is 0 Å². The fraction of sp³-hybridized carbons (Fsp3) is 0.571. The molecule has 0 amide bonds.